The number of amides is 3. The van der Waals surface area contributed by atoms with Crippen molar-refractivity contribution in [2.75, 3.05) is 31.1 Å². The van der Waals surface area contributed by atoms with Gasteiger partial charge in [0.15, 0.2) is 0 Å². The average Bonchev–Trinajstić information content (AvgIpc) is 3.68. The molecule has 1 aromatic carbocycles. The zero-order chi connectivity index (χ0) is 29.8. The van der Waals surface area contributed by atoms with Gasteiger partial charge in [0, 0.05) is 37.1 Å². The number of likely N-dealkylation sites (tertiary alicyclic amines) is 2. The third kappa shape index (κ3) is 5.35. The summed E-state index contributed by atoms with van der Waals surface area (Å²) < 4.78 is 5.83. The summed E-state index contributed by atoms with van der Waals surface area (Å²) in [5, 5.41) is 3.95. The first-order chi connectivity index (χ1) is 20.0. The monoisotopic (exact) mass is 572 g/mol. The zero-order valence-corrected chi connectivity index (χ0v) is 25.0. The van der Waals surface area contributed by atoms with Crippen LogP contribution in [0.25, 0.3) is 10.9 Å². The fraction of sp³-hybridized carbons (Fsp3) is 0.500. The third-order valence-electron chi connectivity index (χ3n) is 8.70. The molecule has 3 aliphatic rings. The number of carbonyl (C=O) groups is 3. The number of aromatic nitrogens is 2. The highest BCUT2D eigenvalue weighted by molar-refractivity contribution is 6.00. The molecule has 3 amide bonds. The van der Waals surface area contributed by atoms with Crippen molar-refractivity contribution in [2.24, 2.45) is 5.41 Å². The Bertz CT molecular complexity index is 1450. The highest BCUT2D eigenvalue weighted by atomic mass is 16.5. The maximum atomic E-state index is 13.9. The largest absolute Gasteiger partial charge is 0.372 e. The van der Waals surface area contributed by atoms with Crippen LogP contribution in [0.4, 0.5) is 5.69 Å². The second-order valence-electron chi connectivity index (χ2n) is 13.1. The molecule has 0 aliphatic carbocycles. The van der Waals surface area contributed by atoms with Crippen LogP contribution in [0.15, 0.2) is 48.7 Å². The lowest BCUT2D eigenvalue weighted by Crippen LogP contribution is -2.59. The Morgan fingerprint density at radius 1 is 0.976 bits per heavy atom. The number of piperazine rings is 1. The number of anilines is 1. The van der Waals surface area contributed by atoms with Crippen molar-refractivity contribution >= 4 is 34.3 Å². The SMILES string of the molecule is CC1CN(c2ccc(C(=O)N3C[C@@H]4C[C@H]3CN4C(=O)[C@@H](NC(=O)c3cc4ccccc4[nH]3)C(C)(C)C)nc2)CC(C)O1. The van der Waals surface area contributed by atoms with Crippen LogP contribution in [-0.4, -0.2) is 94.0 Å². The van der Waals surface area contributed by atoms with Crippen molar-refractivity contribution in [3.63, 3.8) is 0 Å². The number of hydrogen-bond donors (Lipinski definition) is 2. The summed E-state index contributed by atoms with van der Waals surface area (Å²) in [5.74, 6) is -0.525. The van der Waals surface area contributed by atoms with Crippen LogP contribution in [0, 0.1) is 5.41 Å². The van der Waals surface area contributed by atoms with Gasteiger partial charge in [-0.15, -0.1) is 0 Å². The molecule has 42 heavy (non-hydrogen) atoms. The summed E-state index contributed by atoms with van der Waals surface area (Å²) in [4.78, 5) is 54.2. The number of benzene rings is 1. The summed E-state index contributed by atoms with van der Waals surface area (Å²) >= 11 is 0. The predicted octanol–water partition coefficient (Wildman–Crippen LogP) is 3.45. The molecule has 3 aromatic rings. The Balaban J connectivity index is 1.10. The quantitative estimate of drug-likeness (QED) is 0.485. The molecule has 2 N–H and O–H groups in total. The number of pyridine rings is 1. The van der Waals surface area contributed by atoms with E-state index in [-0.39, 0.29) is 42.0 Å². The molecule has 2 aromatic heterocycles. The van der Waals surface area contributed by atoms with Crippen molar-refractivity contribution in [1.82, 2.24) is 25.1 Å². The number of H-pyrrole nitrogens is 1. The van der Waals surface area contributed by atoms with E-state index in [1.165, 1.54) is 0 Å². The standard InChI is InChI=1S/C32H40N6O4/c1-19-15-36(16-20(2)42-19)22-10-11-26(33-14-22)30(40)37-17-24-13-23(37)18-38(24)31(41)28(32(3,4)5)35-29(39)27-12-21-8-6-7-9-25(21)34-27/h6-12,14,19-20,23-24,28,34H,13,15-18H2,1-5H3,(H,35,39)/t19?,20?,23-,24-,28+/m0/s1. The number of fused-ring (bicyclic) bond motifs is 3. The Hall–Kier alpha value is -3.92. The molecular weight excluding hydrogens is 532 g/mol. The molecule has 3 fully saturated rings. The number of rotatable bonds is 5. The van der Waals surface area contributed by atoms with Gasteiger partial charge in [-0.3, -0.25) is 14.4 Å². The number of carbonyl (C=O) groups excluding carboxylic acids is 3. The van der Waals surface area contributed by atoms with Gasteiger partial charge in [-0.1, -0.05) is 39.0 Å². The van der Waals surface area contributed by atoms with Crippen LogP contribution in [0.5, 0.6) is 0 Å². The van der Waals surface area contributed by atoms with E-state index in [2.05, 4.69) is 34.0 Å². The molecule has 5 atom stereocenters. The molecule has 222 valence electrons. The number of aromatic amines is 1. The van der Waals surface area contributed by atoms with E-state index in [9.17, 15) is 14.4 Å². The van der Waals surface area contributed by atoms with Gasteiger partial charge in [0.05, 0.1) is 36.2 Å². The van der Waals surface area contributed by atoms with Crippen LogP contribution >= 0.6 is 0 Å². The van der Waals surface area contributed by atoms with Gasteiger partial charge >= 0.3 is 0 Å². The van der Waals surface area contributed by atoms with Crippen LogP contribution in [-0.2, 0) is 9.53 Å². The van der Waals surface area contributed by atoms with Gasteiger partial charge in [-0.25, -0.2) is 4.98 Å². The van der Waals surface area contributed by atoms with E-state index < -0.39 is 11.5 Å². The average molecular weight is 573 g/mol. The summed E-state index contributed by atoms with van der Waals surface area (Å²) in [6.07, 6.45) is 2.78. The first kappa shape index (κ1) is 28.2. The van der Waals surface area contributed by atoms with Crippen LogP contribution in [0.3, 0.4) is 0 Å². The van der Waals surface area contributed by atoms with Gasteiger partial charge in [-0.05, 0) is 49.9 Å². The third-order valence-corrected chi connectivity index (χ3v) is 8.70. The molecule has 0 radical (unpaired) electrons. The Morgan fingerprint density at radius 2 is 1.67 bits per heavy atom. The lowest BCUT2D eigenvalue weighted by atomic mass is 9.85. The van der Waals surface area contributed by atoms with Gasteiger partial charge in [0.1, 0.15) is 17.4 Å². The molecular formula is C32H40N6O4. The minimum atomic E-state index is -0.709. The van der Waals surface area contributed by atoms with Crippen molar-refractivity contribution in [2.45, 2.75) is 71.4 Å². The smallest absolute Gasteiger partial charge is 0.272 e. The summed E-state index contributed by atoms with van der Waals surface area (Å²) in [5.41, 5.74) is 2.19. The van der Waals surface area contributed by atoms with E-state index in [1.54, 1.807) is 18.3 Å². The minimum absolute atomic E-state index is 0.0705. The van der Waals surface area contributed by atoms with Crippen molar-refractivity contribution in [1.29, 1.82) is 0 Å². The van der Waals surface area contributed by atoms with Crippen molar-refractivity contribution < 1.29 is 19.1 Å². The molecule has 2 bridgehead atoms. The lowest BCUT2D eigenvalue weighted by molar-refractivity contribution is -0.138. The molecule has 2 unspecified atom stereocenters. The second kappa shape index (κ2) is 10.7. The number of nitrogens with one attached hydrogen (secondary N) is 2. The molecule has 3 saturated heterocycles. The Labute approximate surface area is 246 Å². The number of hydrogen-bond acceptors (Lipinski definition) is 6. The lowest BCUT2D eigenvalue weighted by Gasteiger charge is -2.39. The van der Waals surface area contributed by atoms with Crippen LogP contribution < -0.4 is 10.2 Å². The minimum Gasteiger partial charge on any atom is -0.372 e. The van der Waals surface area contributed by atoms with Gasteiger partial charge in [-0.2, -0.15) is 0 Å². The maximum absolute atomic E-state index is 13.9. The molecule has 5 heterocycles. The van der Waals surface area contributed by atoms with Gasteiger partial charge in [0.25, 0.3) is 11.8 Å². The van der Waals surface area contributed by atoms with E-state index in [0.29, 0.717) is 24.5 Å². The highest BCUT2D eigenvalue weighted by Crippen LogP contribution is 2.34. The normalized spacial score (nSPS) is 24.7. The predicted molar refractivity (Wildman–Crippen MR) is 160 cm³/mol. The molecule has 0 spiro atoms. The fourth-order valence-corrected chi connectivity index (χ4v) is 6.64. The molecule has 0 saturated carbocycles. The molecule has 10 nitrogen and oxygen atoms in total. The summed E-state index contributed by atoms with van der Waals surface area (Å²) in [6, 6.07) is 12.4. The first-order valence-corrected chi connectivity index (χ1v) is 14.8. The fourth-order valence-electron chi connectivity index (χ4n) is 6.64. The van der Waals surface area contributed by atoms with Crippen molar-refractivity contribution in [3.05, 3.63) is 60.0 Å². The van der Waals surface area contributed by atoms with E-state index >= 15 is 0 Å². The van der Waals surface area contributed by atoms with Gasteiger partial charge < -0.3 is 29.7 Å². The Kier molecular flexibility index (Phi) is 7.21. The second-order valence-corrected chi connectivity index (χ2v) is 13.1. The number of ether oxygens (including phenoxy) is 1. The maximum Gasteiger partial charge on any atom is 0.272 e. The molecule has 10 heteroatoms. The first-order valence-electron chi connectivity index (χ1n) is 14.8. The number of morpholine rings is 1. The van der Waals surface area contributed by atoms with E-state index in [0.717, 1.165) is 36.1 Å². The number of para-hydroxylation sites is 1. The summed E-state index contributed by atoms with van der Waals surface area (Å²) in [6.45, 7) is 12.5. The molecule has 6 rings (SSSR count). The van der Waals surface area contributed by atoms with E-state index in [4.69, 9.17) is 4.74 Å². The van der Waals surface area contributed by atoms with Crippen LogP contribution in [0.1, 0.15) is 62.0 Å². The highest BCUT2D eigenvalue weighted by Gasteiger charge is 2.50. The topological polar surface area (TPSA) is 111 Å². The van der Waals surface area contributed by atoms with Gasteiger partial charge in [0.2, 0.25) is 5.91 Å². The van der Waals surface area contributed by atoms with Crippen LogP contribution in [0.2, 0.25) is 0 Å². The number of nitrogens with zero attached hydrogens (tertiary/aromatic N) is 4. The Morgan fingerprint density at radius 3 is 2.29 bits per heavy atom. The van der Waals surface area contributed by atoms with Crippen molar-refractivity contribution in [3.8, 4) is 0 Å². The molecule has 3 aliphatic heterocycles. The van der Waals surface area contributed by atoms with E-state index in [1.807, 2.05) is 60.9 Å². The summed E-state index contributed by atoms with van der Waals surface area (Å²) in [7, 11) is 0. The zero-order valence-electron chi connectivity index (χ0n) is 25.0.